The van der Waals surface area contributed by atoms with E-state index in [4.69, 9.17) is 0 Å². The van der Waals surface area contributed by atoms with Crippen molar-refractivity contribution in [2.24, 2.45) is 0 Å². The highest BCUT2D eigenvalue weighted by atomic mass is 32.1. The van der Waals surface area contributed by atoms with Gasteiger partial charge in [0.05, 0.1) is 0 Å². The summed E-state index contributed by atoms with van der Waals surface area (Å²) in [7, 11) is 0. The Morgan fingerprint density at radius 3 is 2.25 bits per heavy atom. The number of hydrogen-bond donors (Lipinski definition) is 0. The van der Waals surface area contributed by atoms with Crippen molar-refractivity contribution < 1.29 is 4.39 Å². The van der Waals surface area contributed by atoms with Gasteiger partial charge in [0, 0.05) is 0 Å². The van der Waals surface area contributed by atoms with Crippen molar-refractivity contribution in [2.75, 3.05) is 0 Å². The zero-order valence-corrected chi connectivity index (χ0v) is 2.55. The van der Waals surface area contributed by atoms with E-state index >= 15 is 0 Å². The maximum Gasteiger partial charge on any atom is 0.480 e. The Bertz CT molecular complexity index is 44.8. The van der Waals surface area contributed by atoms with E-state index in [1.54, 1.807) is 0 Å². The molecule has 0 radical (unpaired) electrons. The highest BCUT2D eigenvalue weighted by Gasteiger charge is 1.46. The van der Waals surface area contributed by atoms with E-state index in [0.717, 1.165) is 6.32 Å². The van der Waals surface area contributed by atoms with E-state index in [0.29, 0.717) is 0 Å². The van der Waals surface area contributed by atoms with E-state index in [2.05, 4.69) is 17.1 Å². The number of rotatable bonds is 0. The first-order valence-corrected chi connectivity index (χ1v) is 0.960. The monoisotopic (exact) mass is 77.0 g/mol. The largest absolute Gasteiger partial charge is 0.480 e. The molecule has 0 bridgehead atoms. The molecule has 0 saturated carbocycles. The lowest BCUT2D eigenvalue weighted by Gasteiger charge is -1.36. The molecule has 0 aromatic carbocycles. The van der Waals surface area contributed by atoms with Crippen LogP contribution in [0.5, 0.6) is 0 Å². The van der Waals surface area contributed by atoms with Gasteiger partial charge in [0.25, 0.3) is 0 Å². The van der Waals surface area contributed by atoms with Crippen LogP contribution in [0.2, 0.25) is 0 Å². The highest BCUT2D eigenvalue weighted by molar-refractivity contribution is 7.61. The molecule has 1 nitrogen and oxygen atoms in total. The number of hydrogen-bond acceptors (Lipinski definition) is 1. The van der Waals surface area contributed by atoms with Crippen LogP contribution in [-0.4, -0.2) is 0 Å². The fraction of sp³-hybridized carbons (Fsp3) is 0. The second kappa shape index (κ2) is 2.64. The zero-order chi connectivity index (χ0) is 3.41. The summed E-state index contributed by atoms with van der Waals surface area (Å²) in [4.78, 5) is 0. The molecule has 0 fully saturated rings. The van der Waals surface area contributed by atoms with Crippen LogP contribution >= 0.6 is 0 Å². The Labute approximate surface area is 28.8 Å². The van der Waals surface area contributed by atoms with E-state index in [-0.39, 0.29) is 0 Å². The van der Waals surface area contributed by atoms with Gasteiger partial charge in [-0.1, -0.05) is 4.39 Å². The van der Waals surface area contributed by atoms with Crippen LogP contribution in [0.25, 0.3) is 4.25 Å². The molecule has 0 unspecified atom stereocenters. The molecular weight excluding hydrogens is 77.1 g/mol. The van der Waals surface area contributed by atoms with E-state index in [9.17, 15) is 4.39 Å². The van der Waals surface area contributed by atoms with Crippen molar-refractivity contribution in [1.82, 2.24) is 0 Å². The van der Waals surface area contributed by atoms with Crippen LogP contribution in [0.3, 0.4) is 0 Å². The molecule has 0 aliphatic rings. The molecule has 0 rings (SSSR count). The van der Waals surface area contributed by atoms with Gasteiger partial charge in [-0.05, 0) is 0 Å². The van der Waals surface area contributed by atoms with Crippen LogP contribution in [0.15, 0.2) is 0 Å². The summed E-state index contributed by atoms with van der Waals surface area (Å²) in [6, 6.07) is 0. The average molecular weight is 77.1 g/mol. The normalized spacial score (nSPS) is 3.25. The predicted molar refractivity (Wildman–Crippen MR) is 15.7 cm³/mol. The van der Waals surface area contributed by atoms with Gasteiger partial charge in [-0.25, -0.2) is 0 Å². The molecule has 0 aromatic rings. The van der Waals surface area contributed by atoms with Crippen LogP contribution in [0.1, 0.15) is 0 Å². The minimum Gasteiger partial charge on any atom is -0.260 e. The summed E-state index contributed by atoms with van der Waals surface area (Å²) in [5.41, 5.74) is 0. The SMILES string of the molecule is FC#[N+][S-]. The van der Waals surface area contributed by atoms with E-state index in [1.807, 2.05) is 0 Å². The van der Waals surface area contributed by atoms with Crippen molar-refractivity contribution in [3.63, 3.8) is 0 Å². The molecule has 0 heterocycles. The van der Waals surface area contributed by atoms with Gasteiger partial charge in [-0.2, -0.15) is 0 Å². The topological polar surface area (TPSA) is 4.36 Å². The zero-order valence-electron chi connectivity index (χ0n) is 1.73. The molecule has 0 aliphatic heterocycles. The van der Waals surface area contributed by atoms with Gasteiger partial charge in [-0.3, -0.25) is 12.8 Å². The molecule has 4 heavy (non-hydrogen) atoms. The third kappa shape index (κ3) is 1.64. The van der Waals surface area contributed by atoms with Crippen molar-refractivity contribution in [3.8, 4) is 6.32 Å². The van der Waals surface area contributed by atoms with Gasteiger partial charge >= 0.3 is 6.32 Å². The average Bonchev–Trinajstić information content (AvgIpc) is 1.37. The number of nitrogens with zero attached hydrogens (tertiary/aromatic N) is 1. The van der Waals surface area contributed by atoms with Gasteiger partial charge in [0.15, 0.2) is 0 Å². The van der Waals surface area contributed by atoms with Crippen molar-refractivity contribution in [3.05, 3.63) is 4.25 Å². The lowest BCUT2D eigenvalue weighted by atomic mass is 11.7. The lowest BCUT2D eigenvalue weighted by Crippen LogP contribution is -1.17. The summed E-state index contributed by atoms with van der Waals surface area (Å²) in [6.07, 6.45) is 0.870. The second-order valence-corrected chi connectivity index (χ2v) is 0.358. The predicted octanol–water partition coefficient (Wildman–Crippen LogP) is 0.708. The minimum absolute atomic E-state index is 0.870. The molecule has 0 spiro atoms. The summed E-state index contributed by atoms with van der Waals surface area (Å²) in [6.45, 7) is 0. The smallest absolute Gasteiger partial charge is 0.260 e. The summed E-state index contributed by atoms with van der Waals surface area (Å²) in [5, 5.41) is 0. The van der Waals surface area contributed by atoms with Crippen LogP contribution in [0.4, 0.5) is 4.39 Å². The maximum atomic E-state index is 10.2. The third-order valence-electron chi connectivity index (χ3n) is 0.0345. The summed E-state index contributed by atoms with van der Waals surface area (Å²) < 4.78 is 12.6. The third-order valence-corrected chi connectivity index (χ3v) is 0.104. The van der Waals surface area contributed by atoms with Gasteiger partial charge in [0.2, 0.25) is 0 Å². The quantitative estimate of drug-likeness (QED) is 0.385. The highest BCUT2D eigenvalue weighted by Crippen LogP contribution is 1.51. The molecule has 0 aliphatic carbocycles. The second-order valence-electron chi connectivity index (χ2n) is 0.176. The summed E-state index contributed by atoms with van der Waals surface area (Å²) >= 11 is 3.69. The van der Waals surface area contributed by atoms with Crippen LogP contribution in [-0.2, 0) is 12.8 Å². The Balaban J connectivity index is 2.83. The molecule has 0 N–H and O–H groups in total. The van der Waals surface area contributed by atoms with E-state index < -0.39 is 0 Å². The molecular formula is CFNS. The fourth-order valence-corrected chi connectivity index (χ4v) is 0. The molecule has 0 amide bonds. The first-order valence-electron chi connectivity index (χ1n) is 0.595. The fourth-order valence-electron chi connectivity index (χ4n) is 0. The van der Waals surface area contributed by atoms with Gasteiger partial charge in [0.1, 0.15) is 0 Å². The Hall–Kier alpha value is -0.360. The van der Waals surface area contributed by atoms with Crippen LogP contribution in [0, 0.1) is 6.32 Å². The van der Waals surface area contributed by atoms with Crippen LogP contribution < -0.4 is 0 Å². The minimum atomic E-state index is 0.870. The van der Waals surface area contributed by atoms with Crippen molar-refractivity contribution in [1.29, 1.82) is 0 Å². The van der Waals surface area contributed by atoms with Crippen molar-refractivity contribution >= 4 is 12.8 Å². The van der Waals surface area contributed by atoms with Gasteiger partial charge in [-0.15, -0.1) is 4.25 Å². The maximum absolute atomic E-state index is 10.2. The number of halogens is 1. The Kier molecular flexibility index (Phi) is 2.40. The standard InChI is InChI=1S/CFNS/c2-1-3-4. The summed E-state index contributed by atoms with van der Waals surface area (Å²) in [5.74, 6) is 0. The lowest BCUT2D eigenvalue weighted by molar-refractivity contribution is 0.772. The Morgan fingerprint density at radius 2 is 2.25 bits per heavy atom. The molecule has 22 valence electrons. The van der Waals surface area contributed by atoms with Gasteiger partial charge < -0.3 is 0 Å². The van der Waals surface area contributed by atoms with Crippen molar-refractivity contribution in [2.45, 2.75) is 0 Å². The molecule has 0 aromatic heterocycles. The molecule has 0 atom stereocenters. The molecule has 0 saturated heterocycles. The first kappa shape index (κ1) is 3.64. The molecule has 3 heteroatoms. The first-order chi connectivity index (χ1) is 1.91. The van der Waals surface area contributed by atoms with E-state index in [1.165, 1.54) is 0 Å². The Morgan fingerprint density at radius 1 is 2.00 bits per heavy atom.